The van der Waals surface area contributed by atoms with Gasteiger partial charge in [0.2, 0.25) is 0 Å². The zero-order valence-electron chi connectivity index (χ0n) is 17.1. The van der Waals surface area contributed by atoms with Crippen molar-refractivity contribution in [2.45, 2.75) is 38.7 Å². The van der Waals surface area contributed by atoms with Crippen LogP contribution in [-0.2, 0) is 4.74 Å². The number of carbonyl (C=O) groups is 1. The van der Waals surface area contributed by atoms with Crippen molar-refractivity contribution in [1.82, 2.24) is 24.6 Å². The molecule has 2 aromatic heterocycles. The quantitative estimate of drug-likeness (QED) is 0.617. The number of hydrogen-bond acceptors (Lipinski definition) is 6. The van der Waals surface area contributed by atoms with Crippen molar-refractivity contribution in [3.05, 3.63) is 42.4 Å². The summed E-state index contributed by atoms with van der Waals surface area (Å²) in [6.07, 6.45) is -2.09. The summed E-state index contributed by atoms with van der Waals surface area (Å²) in [5.74, 6) is -0.383. The average molecular weight is 435 g/mol. The topological polar surface area (TPSA) is 82.4 Å². The fraction of sp³-hybridized carbons (Fsp3) is 0.400. The second-order valence-electron chi connectivity index (χ2n) is 8.15. The minimum Gasteiger partial charge on any atom is -0.444 e. The molecule has 1 aromatic carbocycles. The third-order valence-corrected chi connectivity index (χ3v) is 4.56. The monoisotopic (exact) mass is 435 g/mol. The molecule has 1 aliphatic heterocycles. The molecule has 0 unspecified atom stereocenters. The summed E-state index contributed by atoms with van der Waals surface area (Å²) >= 11 is 0. The number of ether oxygens (including phenoxy) is 2. The maximum Gasteiger partial charge on any atom is 0.573 e. The van der Waals surface area contributed by atoms with Crippen molar-refractivity contribution in [1.29, 1.82) is 0 Å². The molecular formula is C20H20F3N5O3. The number of fused-ring (bicyclic) bond motifs is 1. The maximum absolute atomic E-state index is 12.4. The number of carbonyl (C=O) groups excluding carboxylic acids is 1. The average Bonchev–Trinajstić information content (AvgIpc) is 2.98. The number of amides is 1. The van der Waals surface area contributed by atoms with Gasteiger partial charge in [-0.1, -0.05) is 0 Å². The highest BCUT2D eigenvalue weighted by Gasteiger charge is 2.38. The Morgan fingerprint density at radius 1 is 1.06 bits per heavy atom. The molecule has 3 heterocycles. The first-order valence-corrected chi connectivity index (χ1v) is 9.54. The maximum atomic E-state index is 12.4. The predicted octanol–water partition coefficient (Wildman–Crippen LogP) is 4.05. The van der Waals surface area contributed by atoms with Crippen molar-refractivity contribution in [2.75, 3.05) is 13.1 Å². The molecule has 1 aliphatic rings. The summed E-state index contributed by atoms with van der Waals surface area (Å²) in [5.41, 5.74) is 1.64. The molecule has 164 valence electrons. The summed E-state index contributed by atoms with van der Waals surface area (Å²) in [6, 6.07) is 5.33. The van der Waals surface area contributed by atoms with Crippen molar-refractivity contribution >= 4 is 17.3 Å². The molecule has 31 heavy (non-hydrogen) atoms. The van der Waals surface area contributed by atoms with Crippen LogP contribution < -0.4 is 4.74 Å². The normalized spacial score (nSPS) is 15.1. The lowest BCUT2D eigenvalue weighted by atomic mass is 9.96. The Bertz CT molecular complexity index is 1100. The third-order valence-electron chi connectivity index (χ3n) is 4.56. The number of alkyl halides is 3. The zero-order valence-corrected chi connectivity index (χ0v) is 17.1. The van der Waals surface area contributed by atoms with E-state index in [1.54, 1.807) is 31.9 Å². The molecule has 1 fully saturated rings. The van der Waals surface area contributed by atoms with Crippen LogP contribution in [0.15, 0.2) is 36.7 Å². The Labute approximate surface area is 175 Å². The van der Waals surface area contributed by atoms with Gasteiger partial charge in [-0.05, 0) is 45.0 Å². The lowest BCUT2D eigenvalue weighted by Gasteiger charge is -2.38. The summed E-state index contributed by atoms with van der Waals surface area (Å²) in [4.78, 5) is 22.5. The molecule has 0 bridgehead atoms. The Morgan fingerprint density at radius 2 is 1.71 bits per heavy atom. The highest BCUT2D eigenvalue weighted by molar-refractivity contribution is 5.77. The second-order valence-corrected chi connectivity index (χ2v) is 8.15. The molecule has 0 spiro atoms. The Kier molecular flexibility index (Phi) is 4.98. The van der Waals surface area contributed by atoms with Crippen LogP contribution in [0.2, 0.25) is 0 Å². The van der Waals surface area contributed by atoms with Crippen molar-refractivity contribution in [3.8, 4) is 11.4 Å². The van der Waals surface area contributed by atoms with Gasteiger partial charge in [-0.15, -0.1) is 13.2 Å². The Morgan fingerprint density at radius 3 is 2.32 bits per heavy atom. The van der Waals surface area contributed by atoms with Crippen LogP contribution in [0.5, 0.6) is 5.75 Å². The van der Waals surface area contributed by atoms with Gasteiger partial charge in [-0.25, -0.2) is 19.4 Å². The molecule has 3 aromatic rings. The third kappa shape index (κ3) is 4.54. The molecule has 0 aliphatic carbocycles. The minimum atomic E-state index is -4.76. The fourth-order valence-corrected chi connectivity index (χ4v) is 3.24. The number of hydrogen-bond donors (Lipinski definition) is 0. The smallest absolute Gasteiger partial charge is 0.444 e. The molecule has 8 nitrogen and oxygen atoms in total. The van der Waals surface area contributed by atoms with E-state index in [0.717, 1.165) is 0 Å². The molecule has 0 saturated carbocycles. The molecule has 0 atom stereocenters. The Balaban J connectivity index is 1.57. The molecule has 11 heteroatoms. The van der Waals surface area contributed by atoms with Gasteiger partial charge < -0.3 is 14.4 Å². The van der Waals surface area contributed by atoms with Gasteiger partial charge in [0.15, 0.2) is 5.65 Å². The van der Waals surface area contributed by atoms with E-state index in [1.807, 2.05) is 0 Å². The minimum absolute atomic E-state index is 0.0548. The largest absolute Gasteiger partial charge is 0.573 e. The first-order valence-electron chi connectivity index (χ1n) is 9.54. The van der Waals surface area contributed by atoms with Gasteiger partial charge in [0.05, 0.1) is 11.4 Å². The summed E-state index contributed by atoms with van der Waals surface area (Å²) < 4.78 is 48.0. The van der Waals surface area contributed by atoms with Crippen molar-refractivity contribution < 1.29 is 27.4 Å². The van der Waals surface area contributed by atoms with Gasteiger partial charge >= 0.3 is 12.5 Å². The number of aromatic nitrogens is 4. The van der Waals surface area contributed by atoms with E-state index in [-0.39, 0.29) is 17.8 Å². The van der Waals surface area contributed by atoms with E-state index in [0.29, 0.717) is 35.6 Å². The number of likely N-dealkylation sites (tertiary alicyclic amines) is 1. The van der Waals surface area contributed by atoms with E-state index < -0.39 is 12.0 Å². The highest BCUT2D eigenvalue weighted by atomic mass is 19.4. The molecule has 1 amide bonds. The van der Waals surface area contributed by atoms with Crippen LogP contribution in [0.1, 0.15) is 32.4 Å². The molecule has 4 rings (SSSR count). The summed E-state index contributed by atoms with van der Waals surface area (Å²) in [7, 11) is 0. The van der Waals surface area contributed by atoms with E-state index in [4.69, 9.17) is 4.74 Å². The number of rotatable bonds is 3. The zero-order chi connectivity index (χ0) is 22.4. The van der Waals surface area contributed by atoms with E-state index in [2.05, 4.69) is 19.8 Å². The second kappa shape index (κ2) is 7.40. The van der Waals surface area contributed by atoms with Crippen LogP contribution in [0.25, 0.3) is 16.9 Å². The van der Waals surface area contributed by atoms with Crippen molar-refractivity contribution in [2.24, 2.45) is 0 Å². The fourth-order valence-electron chi connectivity index (χ4n) is 3.24. The first kappa shape index (κ1) is 20.9. The summed E-state index contributed by atoms with van der Waals surface area (Å²) in [5, 5.41) is 4.60. The van der Waals surface area contributed by atoms with Gasteiger partial charge in [-0.2, -0.15) is 5.10 Å². The van der Waals surface area contributed by atoms with Crippen LogP contribution in [0, 0.1) is 0 Å². The lowest BCUT2D eigenvalue weighted by molar-refractivity contribution is -0.274. The summed E-state index contributed by atoms with van der Waals surface area (Å²) in [6.45, 7) is 6.26. The molecular weight excluding hydrogens is 415 g/mol. The van der Waals surface area contributed by atoms with Crippen LogP contribution in [0.3, 0.4) is 0 Å². The highest BCUT2D eigenvalue weighted by Crippen LogP contribution is 2.32. The number of halogens is 3. The Hall–Kier alpha value is -3.37. The SMILES string of the molecule is CC(C)(C)OC(=O)N1CC(c2nn(-c3ccc(OC(F)(F)F)cc3)c3nccnc23)C1. The van der Waals surface area contributed by atoms with E-state index in [1.165, 1.54) is 35.1 Å². The van der Waals surface area contributed by atoms with Crippen LogP contribution in [-0.4, -0.2) is 55.8 Å². The molecule has 0 N–H and O–H groups in total. The number of nitrogens with zero attached hydrogens (tertiary/aromatic N) is 5. The number of benzene rings is 1. The van der Waals surface area contributed by atoms with Gasteiger partial charge in [0, 0.05) is 31.4 Å². The standard InChI is InChI=1S/C20H20F3N5O3/c1-19(2,3)31-18(29)27-10-12(11-27)15-16-17(25-9-8-24-16)28(26-15)13-4-6-14(7-5-13)30-20(21,22)23/h4-9,12H,10-11H2,1-3H3. The van der Waals surface area contributed by atoms with Crippen LogP contribution >= 0.6 is 0 Å². The predicted molar refractivity (Wildman–Crippen MR) is 104 cm³/mol. The van der Waals surface area contributed by atoms with Crippen molar-refractivity contribution in [3.63, 3.8) is 0 Å². The van der Waals surface area contributed by atoms with Gasteiger partial charge in [-0.3, -0.25) is 0 Å². The van der Waals surface area contributed by atoms with E-state index >= 15 is 0 Å². The van der Waals surface area contributed by atoms with Gasteiger partial charge in [0.25, 0.3) is 0 Å². The van der Waals surface area contributed by atoms with Gasteiger partial charge in [0.1, 0.15) is 16.9 Å². The molecule has 1 saturated heterocycles. The van der Waals surface area contributed by atoms with E-state index in [9.17, 15) is 18.0 Å². The first-order chi connectivity index (χ1) is 14.5. The lowest BCUT2D eigenvalue weighted by Crippen LogP contribution is -2.50. The van der Waals surface area contributed by atoms with Crippen LogP contribution in [0.4, 0.5) is 18.0 Å². The molecule has 0 radical (unpaired) electrons.